The molecule has 57 heavy (non-hydrogen) atoms. The molecule has 0 saturated carbocycles. The van der Waals surface area contributed by atoms with Gasteiger partial charge in [-0.2, -0.15) is 0 Å². The molecule has 0 radical (unpaired) electrons. The minimum Gasteiger partial charge on any atom is -0.309 e. The summed E-state index contributed by atoms with van der Waals surface area (Å²) >= 11 is 0. The first-order valence-corrected chi connectivity index (χ1v) is 19.9. The van der Waals surface area contributed by atoms with Crippen molar-refractivity contribution in [3.8, 4) is 44.8 Å². The van der Waals surface area contributed by atoms with Gasteiger partial charge in [0.25, 0.3) is 0 Å². The van der Waals surface area contributed by atoms with Crippen molar-refractivity contribution in [2.45, 2.75) is 19.3 Å². The highest BCUT2D eigenvalue weighted by molar-refractivity contribution is 6.15. The van der Waals surface area contributed by atoms with Crippen molar-refractivity contribution >= 4 is 54.4 Å². The van der Waals surface area contributed by atoms with Gasteiger partial charge in [-0.3, -0.25) is 0 Å². The van der Waals surface area contributed by atoms with Crippen LogP contribution < -0.4 is 0 Å². The summed E-state index contributed by atoms with van der Waals surface area (Å²) in [6.07, 6.45) is 0. The van der Waals surface area contributed by atoms with Crippen LogP contribution >= 0.6 is 0 Å². The van der Waals surface area contributed by atoms with Crippen LogP contribution in [0.2, 0.25) is 0 Å². The third-order valence-corrected chi connectivity index (χ3v) is 12.7. The van der Waals surface area contributed by atoms with Gasteiger partial charge in [-0.25, -0.2) is 0 Å². The fourth-order valence-electron chi connectivity index (χ4n) is 10.1. The van der Waals surface area contributed by atoms with Crippen LogP contribution in [-0.4, -0.2) is 9.13 Å². The van der Waals surface area contributed by atoms with Gasteiger partial charge in [0, 0.05) is 38.0 Å². The van der Waals surface area contributed by atoms with Crippen LogP contribution in [0, 0.1) is 0 Å². The van der Waals surface area contributed by atoms with Crippen molar-refractivity contribution in [3.05, 3.63) is 205 Å². The predicted octanol–water partition coefficient (Wildman–Crippen LogP) is 14.7. The first kappa shape index (κ1) is 32.1. The highest BCUT2D eigenvalue weighted by Crippen LogP contribution is 2.53. The second-order valence-corrected chi connectivity index (χ2v) is 16.1. The van der Waals surface area contributed by atoms with Gasteiger partial charge < -0.3 is 9.13 Å². The Kier molecular flexibility index (Phi) is 6.72. The van der Waals surface area contributed by atoms with E-state index < -0.39 is 0 Å². The normalized spacial score (nSPS) is 13.2. The molecule has 2 heteroatoms. The minimum absolute atomic E-state index is 0.159. The van der Waals surface area contributed by atoms with E-state index in [0.29, 0.717) is 0 Å². The highest BCUT2D eigenvalue weighted by Gasteiger charge is 2.38. The monoisotopic (exact) mass is 726 g/mol. The number of hydrogen-bond acceptors (Lipinski definition) is 0. The first-order chi connectivity index (χ1) is 28.0. The van der Waals surface area contributed by atoms with Crippen LogP contribution in [-0.2, 0) is 5.41 Å². The SMILES string of the molecule is CC1(C)c2ccccc2-c2ccc3c4cc(-c5ccc6c(c5)c5ccccc5n6-c5cccc6ccccc56)ccc4n(-c4ccc(-c5ccccc5)cc4)c3c21. The zero-order chi connectivity index (χ0) is 37.8. The fraction of sp³-hybridized carbons (Fsp3) is 0.0545. The number of fused-ring (bicyclic) bond motifs is 11. The lowest BCUT2D eigenvalue weighted by Crippen LogP contribution is -2.16. The molecule has 0 N–H and O–H groups in total. The van der Waals surface area contributed by atoms with Gasteiger partial charge in [-0.05, 0) is 98.4 Å². The maximum absolute atomic E-state index is 2.52. The number of benzene rings is 9. The highest BCUT2D eigenvalue weighted by atomic mass is 15.0. The van der Waals surface area contributed by atoms with Gasteiger partial charge in [0.2, 0.25) is 0 Å². The van der Waals surface area contributed by atoms with Crippen LogP contribution in [0.4, 0.5) is 0 Å². The summed E-state index contributed by atoms with van der Waals surface area (Å²) in [5, 5.41) is 7.57. The second kappa shape index (κ2) is 11.9. The summed E-state index contributed by atoms with van der Waals surface area (Å²) in [5.74, 6) is 0. The molecule has 0 atom stereocenters. The van der Waals surface area contributed by atoms with E-state index >= 15 is 0 Å². The molecule has 12 rings (SSSR count). The van der Waals surface area contributed by atoms with Crippen molar-refractivity contribution in [1.29, 1.82) is 0 Å². The van der Waals surface area contributed by atoms with Gasteiger partial charge in [0.15, 0.2) is 0 Å². The van der Waals surface area contributed by atoms with Crippen LogP contribution in [0.1, 0.15) is 25.0 Å². The van der Waals surface area contributed by atoms with Crippen molar-refractivity contribution in [2.75, 3.05) is 0 Å². The maximum atomic E-state index is 2.52. The molecule has 0 bridgehead atoms. The topological polar surface area (TPSA) is 9.86 Å². The zero-order valence-corrected chi connectivity index (χ0v) is 31.9. The molecule has 0 aliphatic heterocycles. The standard InChI is InChI=1S/C55H38N2/c1-55(2)48-20-10-8-18-42(48)44-29-30-45-47-34-39(25-31-51(47)56(54(45)53(44)55)40-27-23-36(24-28-40)35-13-4-3-5-14-35)38-26-32-52-46(33-38)43-19-9-11-21-50(43)57(52)49-22-12-16-37-15-6-7-17-41(37)49/h3-34H,1-2H3. The van der Waals surface area contributed by atoms with Gasteiger partial charge in [-0.1, -0.05) is 159 Å². The van der Waals surface area contributed by atoms with Crippen LogP contribution in [0.15, 0.2) is 194 Å². The van der Waals surface area contributed by atoms with E-state index in [9.17, 15) is 0 Å². The fourth-order valence-corrected chi connectivity index (χ4v) is 10.1. The summed E-state index contributed by atoms with van der Waals surface area (Å²) in [6.45, 7) is 4.79. The number of nitrogens with zero attached hydrogens (tertiary/aromatic N) is 2. The lowest BCUT2D eigenvalue weighted by atomic mass is 9.81. The average Bonchev–Trinajstić information content (AvgIpc) is 3.86. The molecule has 268 valence electrons. The molecule has 2 nitrogen and oxygen atoms in total. The van der Waals surface area contributed by atoms with Gasteiger partial charge in [-0.15, -0.1) is 0 Å². The largest absolute Gasteiger partial charge is 0.309 e. The van der Waals surface area contributed by atoms with E-state index in [2.05, 4.69) is 217 Å². The molecule has 0 fully saturated rings. The third kappa shape index (κ3) is 4.59. The lowest BCUT2D eigenvalue weighted by molar-refractivity contribution is 0.664. The zero-order valence-electron chi connectivity index (χ0n) is 31.9. The smallest absolute Gasteiger partial charge is 0.0588 e. The Hall–Kier alpha value is -7.16. The summed E-state index contributed by atoms with van der Waals surface area (Å²) < 4.78 is 4.97. The quantitative estimate of drug-likeness (QED) is 0.171. The summed E-state index contributed by atoms with van der Waals surface area (Å²) in [4.78, 5) is 0. The Labute approximate surface area is 331 Å². The van der Waals surface area contributed by atoms with E-state index in [-0.39, 0.29) is 5.41 Å². The Bertz CT molecular complexity index is 3410. The minimum atomic E-state index is -0.159. The van der Waals surface area contributed by atoms with E-state index in [1.165, 1.54) is 110 Å². The Morgan fingerprint density at radius 2 is 0.965 bits per heavy atom. The molecule has 2 heterocycles. The summed E-state index contributed by atoms with van der Waals surface area (Å²) in [5.41, 5.74) is 17.5. The van der Waals surface area contributed by atoms with Gasteiger partial charge in [0.05, 0.1) is 27.8 Å². The summed E-state index contributed by atoms with van der Waals surface area (Å²) in [7, 11) is 0. The van der Waals surface area contributed by atoms with Crippen LogP contribution in [0.25, 0.3) is 99.1 Å². The molecule has 11 aromatic rings. The molecular weight excluding hydrogens is 689 g/mol. The van der Waals surface area contributed by atoms with E-state index in [0.717, 1.165) is 0 Å². The molecule has 9 aromatic carbocycles. The Morgan fingerprint density at radius 3 is 1.77 bits per heavy atom. The van der Waals surface area contributed by atoms with Crippen molar-refractivity contribution in [2.24, 2.45) is 0 Å². The third-order valence-electron chi connectivity index (χ3n) is 12.7. The molecule has 0 spiro atoms. The van der Waals surface area contributed by atoms with E-state index in [1.54, 1.807) is 0 Å². The lowest BCUT2D eigenvalue weighted by Gasteiger charge is -2.23. The van der Waals surface area contributed by atoms with Crippen LogP contribution in [0.5, 0.6) is 0 Å². The van der Waals surface area contributed by atoms with Crippen molar-refractivity contribution in [1.82, 2.24) is 9.13 Å². The molecule has 1 aliphatic carbocycles. The maximum Gasteiger partial charge on any atom is 0.0588 e. The van der Waals surface area contributed by atoms with E-state index in [4.69, 9.17) is 0 Å². The van der Waals surface area contributed by atoms with Crippen molar-refractivity contribution < 1.29 is 0 Å². The number of para-hydroxylation sites is 1. The summed E-state index contributed by atoms with van der Waals surface area (Å²) in [6, 6.07) is 71.8. The second-order valence-electron chi connectivity index (χ2n) is 16.1. The molecule has 0 saturated heterocycles. The average molecular weight is 727 g/mol. The number of hydrogen-bond donors (Lipinski definition) is 0. The molecule has 1 aliphatic rings. The molecular formula is C55H38N2. The number of rotatable bonds is 4. The number of aromatic nitrogens is 2. The first-order valence-electron chi connectivity index (χ1n) is 19.9. The predicted molar refractivity (Wildman–Crippen MR) is 241 cm³/mol. The molecule has 0 amide bonds. The van der Waals surface area contributed by atoms with Crippen LogP contribution in [0.3, 0.4) is 0 Å². The Balaban J connectivity index is 1.08. The van der Waals surface area contributed by atoms with Crippen molar-refractivity contribution in [3.63, 3.8) is 0 Å². The Morgan fingerprint density at radius 1 is 0.368 bits per heavy atom. The molecule has 2 aromatic heterocycles. The van der Waals surface area contributed by atoms with E-state index in [1.807, 2.05) is 0 Å². The van der Waals surface area contributed by atoms with Gasteiger partial charge in [0.1, 0.15) is 0 Å². The molecule has 0 unspecified atom stereocenters. The van der Waals surface area contributed by atoms with Gasteiger partial charge >= 0.3 is 0 Å².